The summed E-state index contributed by atoms with van der Waals surface area (Å²) in [4.78, 5) is 0. The van der Waals surface area contributed by atoms with Crippen LogP contribution in [0.25, 0.3) is 0 Å². The highest BCUT2D eigenvalue weighted by atomic mass is 19.1. The van der Waals surface area contributed by atoms with Gasteiger partial charge in [0.1, 0.15) is 5.67 Å². The van der Waals surface area contributed by atoms with Gasteiger partial charge in [-0.25, -0.2) is 4.39 Å². The molecule has 0 saturated heterocycles. The number of rotatable bonds is 2. The van der Waals surface area contributed by atoms with Gasteiger partial charge in [-0.2, -0.15) is 0 Å². The van der Waals surface area contributed by atoms with Crippen LogP contribution < -0.4 is 0 Å². The number of benzene rings is 1. The molecule has 0 heterocycles. The Kier molecular flexibility index (Phi) is 2.49. The molecule has 2 fully saturated rings. The summed E-state index contributed by atoms with van der Waals surface area (Å²) >= 11 is 0. The molecule has 0 aliphatic heterocycles. The minimum atomic E-state index is -0.882. The Morgan fingerprint density at radius 3 is 2.62 bits per heavy atom. The molecule has 3 atom stereocenters. The van der Waals surface area contributed by atoms with Crippen molar-refractivity contribution in [1.82, 2.24) is 0 Å². The van der Waals surface area contributed by atoms with Crippen molar-refractivity contribution >= 4 is 0 Å². The van der Waals surface area contributed by atoms with E-state index in [-0.39, 0.29) is 0 Å². The van der Waals surface area contributed by atoms with Crippen LogP contribution in [0, 0.1) is 11.8 Å². The number of fused-ring (bicyclic) bond motifs is 1. The fourth-order valence-corrected chi connectivity index (χ4v) is 3.70. The molecule has 1 aromatic rings. The highest BCUT2D eigenvalue weighted by Gasteiger charge is 2.54. The Morgan fingerprint density at radius 1 is 1.12 bits per heavy atom. The number of alkyl halides is 1. The van der Waals surface area contributed by atoms with Gasteiger partial charge in [-0.1, -0.05) is 43.2 Å². The van der Waals surface area contributed by atoms with E-state index in [1.54, 1.807) is 0 Å². The van der Waals surface area contributed by atoms with Gasteiger partial charge in [-0.3, -0.25) is 0 Å². The lowest BCUT2D eigenvalue weighted by atomic mass is 9.55. The van der Waals surface area contributed by atoms with Crippen LogP contribution in [-0.2, 0) is 6.42 Å². The molecule has 0 amide bonds. The zero-order chi connectivity index (χ0) is 11.0. The fraction of sp³-hybridized carbons (Fsp3) is 0.600. The van der Waals surface area contributed by atoms with Crippen molar-refractivity contribution in [2.75, 3.05) is 0 Å². The van der Waals surface area contributed by atoms with Crippen molar-refractivity contribution in [2.24, 2.45) is 11.8 Å². The Labute approximate surface area is 96.9 Å². The first kappa shape index (κ1) is 10.3. The molecule has 0 bridgehead atoms. The van der Waals surface area contributed by atoms with Crippen LogP contribution in [-0.4, -0.2) is 5.67 Å². The van der Waals surface area contributed by atoms with E-state index in [4.69, 9.17) is 0 Å². The third-order valence-corrected chi connectivity index (χ3v) is 4.52. The molecule has 1 heteroatoms. The van der Waals surface area contributed by atoms with Gasteiger partial charge in [0.15, 0.2) is 0 Å². The fourth-order valence-electron chi connectivity index (χ4n) is 3.70. The summed E-state index contributed by atoms with van der Waals surface area (Å²) in [5.41, 5.74) is 0.279. The van der Waals surface area contributed by atoms with Crippen molar-refractivity contribution in [3.8, 4) is 0 Å². The maximum absolute atomic E-state index is 14.7. The molecule has 2 aliphatic carbocycles. The first-order chi connectivity index (χ1) is 7.78. The predicted octanol–water partition coefficient (Wildman–Crippen LogP) is 4.15. The Bertz CT molecular complexity index is 359. The van der Waals surface area contributed by atoms with Gasteiger partial charge >= 0.3 is 0 Å². The molecule has 2 saturated carbocycles. The quantitative estimate of drug-likeness (QED) is 0.699. The van der Waals surface area contributed by atoms with Gasteiger partial charge in [0.05, 0.1) is 0 Å². The zero-order valence-corrected chi connectivity index (χ0v) is 9.66. The standard InChI is InChI=1S/C15H19F/c16-15(10-12-6-2-1-3-7-12)11-13-8-4-5-9-14(13)15/h1-3,6-7,13-14H,4-5,8-11H2/t13-,14-,15+/m0/s1. The van der Waals surface area contributed by atoms with Crippen molar-refractivity contribution in [3.63, 3.8) is 0 Å². The van der Waals surface area contributed by atoms with Crippen LogP contribution >= 0.6 is 0 Å². The van der Waals surface area contributed by atoms with E-state index in [9.17, 15) is 4.39 Å². The van der Waals surface area contributed by atoms with Gasteiger partial charge in [0.2, 0.25) is 0 Å². The monoisotopic (exact) mass is 218 g/mol. The van der Waals surface area contributed by atoms with Crippen LogP contribution in [0.5, 0.6) is 0 Å². The Morgan fingerprint density at radius 2 is 1.88 bits per heavy atom. The van der Waals surface area contributed by atoms with Crippen LogP contribution in [0.15, 0.2) is 30.3 Å². The van der Waals surface area contributed by atoms with E-state index in [1.807, 2.05) is 18.2 Å². The summed E-state index contributed by atoms with van der Waals surface area (Å²) in [5.74, 6) is 1.06. The zero-order valence-electron chi connectivity index (χ0n) is 9.66. The SMILES string of the molecule is F[C@]1(Cc2ccccc2)C[C@@H]2CCCC[C@@H]21. The average molecular weight is 218 g/mol. The third-order valence-electron chi connectivity index (χ3n) is 4.52. The summed E-state index contributed by atoms with van der Waals surface area (Å²) < 4.78 is 14.7. The summed E-state index contributed by atoms with van der Waals surface area (Å²) in [6.07, 6.45) is 6.39. The van der Waals surface area contributed by atoms with E-state index in [1.165, 1.54) is 19.3 Å². The van der Waals surface area contributed by atoms with Crippen molar-refractivity contribution in [3.05, 3.63) is 35.9 Å². The lowest BCUT2D eigenvalue weighted by Gasteiger charge is -2.52. The molecule has 0 radical (unpaired) electrons. The first-order valence-electron chi connectivity index (χ1n) is 6.51. The molecule has 1 aromatic carbocycles. The molecule has 2 aliphatic rings. The number of halogens is 1. The van der Waals surface area contributed by atoms with Crippen LogP contribution in [0.3, 0.4) is 0 Å². The predicted molar refractivity (Wildman–Crippen MR) is 64.1 cm³/mol. The van der Waals surface area contributed by atoms with E-state index in [0.717, 1.165) is 18.4 Å². The second kappa shape index (κ2) is 3.87. The third kappa shape index (κ3) is 1.66. The van der Waals surface area contributed by atoms with Crippen molar-refractivity contribution in [1.29, 1.82) is 0 Å². The van der Waals surface area contributed by atoms with Crippen LogP contribution in [0.2, 0.25) is 0 Å². The highest BCUT2D eigenvalue weighted by molar-refractivity contribution is 5.20. The molecule has 0 unspecified atom stereocenters. The molecular formula is C15H19F. The molecule has 0 nitrogen and oxygen atoms in total. The van der Waals surface area contributed by atoms with E-state index in [0.29, 0.717) is 18.3 Å². The summed E-state index contributed by atoms with van der Waals surface area (Å²) in [6.45, 7) is 0. The molecule has 16 heavy (non-hydrogen) atoms. The van der Waals surface area contributed by atoms with Gasteiger partial charge in [-0.05, 0) is 36.7 Å². The summed E-state index contributed by atoms with van der Waals surface area (Å²) in [5, 5.41) is 0. The van der Waals surface area contributed by atoms with E-state index < -0.39 is 5.67 Å². The maximum Gasteiger partial charge on any atom is 0.118 e. The molecule has 0 N–H and O–H groups in total. The molecule has 0 spiro atoms. The molecule has 3 rings (SSSR count). The van der Waals surface area contributed by atoms with Gasteiger partial charge in [0.25, 0.3) is 0 Å². The van der Waals surface area contributed by atoms with Gasteiger partial charge in [0, 0.05) is 6.42 Å². The summed E-state index contributed by atoms with van der Waals surface area (Å²) in [7, 11) is 0. The van der Waals surface area contributed by atoms with Gasteiger partial charge < -0.3 is 0 Å². The number of hydrogen-bond acceptors (Lipinski definition) is 0. The van der Waals surface area contributed by atoms with E-state index in [2.05, 4.69) is 12.1 Å². The number of hydrogen-bond donors (Lipinski definition) is 0. The molecular weight excluding hydrogens is 199 g/mol. The van der Waals surface area contributed by atoms with Crippen molar-refractivity contribution < 1.29 is 4.39 Å². The van der Waals surface area contributed by atoms with E-state index >= 15 is 0 Å². The average Bonchev–Trinajstić information content (AvgIpc) is 2.29. The first-order valence-corrected chi connectivity index (χ1v) is 6.51. The second-order valence-electron chi connectivity index (χ2n) is 5.55. The Balaban J connectivity index is 1.71. The second-order valence-corrected chi connectivity index (χ2v) is 5.55. The normalized spacial score (nSPS) is 37.6. The maximum atomic E-state index is 14.7. The largest absolute Gasteiger partial charge is 0.243 e. The smallest absolute Gasteiger partial charge is 0.118 e. The molecule has 0 aromatic heterocycles. The van der Waals surface area contributed by atoms with Crippen LogP contribution in [0.4, 0.5) is 4.39 Å². The lowest BCUT2D eigenvalue weighted by molar-refractivity contribution is -0.0942. The lowest BCUT2D eigenvalue weighted by Crippen LogP contribution is -2.53. The molecule has 86 valence electrons. The summed E-state index contributed by atoms with van der Waals surface area (Å²) in [6, 6.07) is 10.1. The van der Waals surface area contributed by atoms with Gasteiger partial charge in [-0.15, -0.1) is 0 Å². The Hall–Kier alpha value is -0.850. The minimum Gasteiger partial charge on any atom is -0.243 e. The minimum absolute atomic E-state index is 0.362. The van der Waals surface area contributed by atoms with Crippen molar-refractivity contribution in [2.45, 2.75) is 44.2 Å². The topological polar surface area (TPSA) is 0 Å². The highest BCUT2D eigenvalue weighted by Crippen LogP contribution is 2.55. The van der Waals surface area contributed by atoms with Crippen LogP contribution in [0.1, 0.15) is 37.7 Å².